The minimum atomic E-state index is -5.12. The molecule has 0 aliphatic rings. The molecule has 0 aliphatic heterocycles. The van der Waals surface area contributed by atoms with E-state index in [1.807, 2.05) is 0 Å². The monoisotopic (exact) mass is 280 g/mol. The third-order valence-corrected chi connectivity index (χ3v) is 1.86. The summed E-state index contributed by atoms with van der Waals surface area (Å²) >= 11 is 5.41. The van der Waals surface area contributed by atoms with Crippen molar-refractivity contribution in [2.75, 3.05) is 0 Å². The molecule has 16 heavy (non-hydrogen) atoms. The van der Waals surface area contributed by atoms with Crippen molar-refractivity contribution in [3.05, 3.63) is 40.3 Å². The van der Waals surface area contributed by atoms with Gasteiger partial charge in [0.05, 0.1) is 5.02 Å². The maximum absolute atomic E-state index is 12.6. The van der Waals surface area contributed by atoms with Crippen LogP contribution < -0.4 is 51.4 Å². The molecule has 0 aromatic heterocycles. The van der Waals surface area contributed by atoms with Gasteiger partial charge in [-0.1, -0.05) is 17.7 Å². The van der Waals surface area contributed by atoms with Gasteiger partial charge in [-0.15, -0.1) is 5.98 Å². The molecule has 0 unspecified atom stereocenters. The van der Waals surface area contributed by atoms with Crippen LogP contribution in [-0.2, 0) is 0 Å². The first-order valence-corrected chi connectivity index (χ1v) is 4.21. The molecular formula is C8H4BClF5K. The molecule has 0 nitrogen and oxygen atoms in total. The molecule has 0 saturated carbocycles. The Morgan fingerprint density at radius 1 is 1.06 bits per heavy atom. The molecule has 1 aromatic rings. The minimum Gasteiger partial charge on any atom is -0.445 e. The fraction of sp³-hybridized carbons (Fsp3) is 0. The van der Waals surface area contributed by atoms with Gasteiger partial charge in [-0.25, -0.2) is 8.78 Å². The molecule has 0 amide bonds. The second-order valence-electron chi connectivity index (χ2n) is 2.77. The topological polar surface area (TPSA) is 0 Å². The van der Waals surface area contributed by atoms with Gasteiger partial charge in [0, 0.05) is 0 Å². The SMILES string of the molecule is Fc1cc(Cl)c(/C=C/[B-](F)(F)F)cc1F.[K+]. The fourth-order valence-corrected chi connectivity index (χ4v) is 1.09. The summed E-state index contributed by atoms with van der Waals surface area (Å²) in [6.07, 6.45) is 0.602. The Kier molecular flexibility index (Phi) is 6.76. The summed E-state index contributed by atoms with van der Waals surface area (Å²) in [7, 11) is 0. The molecule has 0 saturated heterocycles. The summed E-state index contributed by atoms with van der Waals surface area (Å²) in [4.78, 5) is 0. The van der Waals surface area contributed by atoms with Crippen molar-refractivity contribution < 1.29 is 73.1 Å². The van der Waals surface area contributed by atoms with E-state index in [4.69, 9.17) is 11.6 Å². The molecule has 0 atom stereocenters. The summed E-state index contributed by atoms with van der Waals surface area (Å²) in [6.45, 7) is -5.12. The Labute approximate surface area is 136 Å². The van der Waals surface area contributed by atoms with Crippen LogP contribution in [0.5, 0.6) is 0 Å². The average molecular weight is 280 g/mol. The van der Waals surface area contributed by atoms with Gasteiger partial charge in [0.2, 0.25) is 0 Å². The quantitative estimate of drug-likeness (QED) is 0.431. The molecule has 0 bridgehead atoms. The van der Waals surface area contributed by atoms with E-state index in [1.54, 1.807) is 0 Å². The average Bonchev–Trinajstić information content (AvgIpc) is 2.07. The van der Waals surface area contributed by atoms with Crippen molar-refractivity contribution in [2.45, 2.75) is 0 Å². The van der Waals surface area contributed by atoms with E-state index in [0.29, 0.717) is 18.2 Å². The van der Waals surface area contributed by atoms with Gasteiger partial charge in [0.25, 0.3) is 0 Å². The molecule has 0 spiro atoms. The van der Waals surface area contributed by atoms with Crippen LogP contribution in [0.1, 0.15) is 5.56 Å². The van der Waals surface area contributed by atoms with Crippen LogP contribution in [0.15, 0.2) is 18.1 Å². The van der Waals surface area contributed by atoms with E-state index in [-0.39, 0.29) is 67.9 Å². The molecule has 82 valence electrons. The van der Waals surface area contributed by atoms with E-state index in [2.05, 4.69) is 0 Å². The van der Waals surface area contributed by atoms with E-state index >= 15 is 0 Å². The van der Waals surface area contributed by atoms with Crippen molar-refractivity contribution in [3.63, 3.8) is 0 Å². The summed E-state index contributed by atoms with van der Waals surface area (Å²) in [5, 5.41) is -0.273. The van der Waals surface area contributed by atoms with Crippen molar-refractivity contribution in [1.29, 1.82) is 0 Å². The van der Waals surface area contributed by atoms with Crippen molar-refractivity contribution in [1.82, 2.24) is 0 Å². The van der Waals surface area contributed by atoms with Gasteiger partial charge < -0.3 is 12.9 Å². The van der Waals surface area contributed by atoms with Gasteiger partial charge in [-0.2, -0.15) is 0 Å². The van der Waals surface area contributed by atoms with E-state index in [9.17, 15) is 21.7 Å². The third-order valence-electron chi connectivity index (χ3n) is 1.53. The molecule has 0 aliphatic carbocycles. The van der Waals surface area contributed by atoms with Gasteiger partial charge >= 0.3 is 58.4 Å². The van der Waals surface area contributed by atoms with Crippen LogP contribution in [0, 0.1) is 11.6 Å². The number of rotatable bonds is 2. The predicted octanol–water partition coefficient (Wildman–Crippen LogP) is 1.02. The van der Waals surface area contributed by atoms with Crippen LogP contribution >= 0.6 is 11.6 Å². The second-order valence-corrected chi connectivity index (χ2v) is 3.18. The Morgan fingerprint density at radius 3 is 2.06 bits per heavy atom. The first kappa shape index (κ1) is 16.6. The number of hydrogen-bond donors (Lipinski definition) is 0. The van der Waals surface area contributed by atoms with Crippen molar-refractivity contribution in [2.24, 2.45) is 0 Å². The largest absolute Gasteiger partial charge is 1.00 e. The Hall–Kier alpha value is 0.601. The summed E-state index contributed by atoms with van der Waals surface area (Å²) in [5.74, 6) is -2.48. The van der Waals surface area contributed by atoms with Crippen molar-refractivity contribution in [3.8, 4) is 0 Å². The Balaban J connectivity index is 0.00000225. The van der Waals surface area contributed by atoms with Gasteiger partial charge in [0.1, 0.15) is 0 Å². The zero-order chi connectivity index (χ0) is 11.6. The first-order valence-electron chi connectivity index (χ1n) is 3.83. The molecular weight excluding hydrogens is 276 g/mol. The summed E-state index contributed by atoms with van der Waals surface area (Å²) in [5.41, 5.74) is -0.213. The molecule has 0 fully saturated rings. The molecule has 0 heterocycles. The van der Waals surface area contributed by atoms with Crippen LogP contribution in [0.2, 0.25) is 5.02 Å². The van der Waals surface area contributed by atoms with E-state index in [1.165, 1.54) is 0 Å². The fourth-order valence-electron chi connectivity index (χ4n) is 0.878. The minimum absolute atomic E-state index is 0. The third kappa shape index (κ3) is 5.29. The first-order chi connectivity index (χ1) is 6.79. The number of benzene rings is 1. The van der Waals surface area contributed by atoms with E-state index < -0.39 is 18.6 Å². The predicted molar refractivity (Wildman–Crippen MR) is 49.5 cm³/mol. The van der Waals surface area contributed by atoms with Gasteiger partial charge in [-0.05, 0) is 17.7 Å². The number of halogens is 6. The van der Waals surface area contributed by atoms with Crippen LogP contribution in [0.25, 0.3) is 6.08 Å². The normalized spacial score (nSPS) is 11.6. The maximum atomic E-state index is 12.6. The second kappa shape index (κ2) is 6.51. The zero-order valence-corrected chi connectivity index (χ0v) is 12.0. The molecule has 0 radical (unpaired) electrons. The molecule has 1 rings (SSSR count). The van der Waals surface area contributed by atoms with Gasteiger partial charge in [-0.3, -0.25) is 0 Å². The van der Waals surface area contributed by atoms with Crippen LogP contribution in [-0.4, -0.2) is 6.98 Å². The summed E-state index contributed by atoms with van der Waals surface area (Å²) in [6, 6.07) is 1.23. The zero-order valence-electron chi connectivity index (χ0n) is 8.15. The molecule has 1 aromatic carbocycles. The smallest absolute Gasteiger partial charge is 0.445 e. The maximum Gasteiger partial charge on any atom is 1.00 e. The van der Waals surface area contributed by atoms with Crippen LogP contribution in [0.4, 0.5) is 21.7 Å². The van der Waals surface area contributed by atoms with Crippen LogP contribution in [0.3, 0.4) is 0 Å². The van der Waals surface area contributed by atoms with Gasteiger partial charge in [0.15, 0.2) is 11.6 Å². The Morgan fingerprint density at radius 2 is 1.56 bits per heavy atom. The standard InChI is InChI=1S/C8H4BClF5.K/c10-6-4-8(12)7(11)3-5(6)1-2-9(13,14)15;/h1-4H;/q-1;+1/b2-1+;. The Bertz CT molecular complexity index is 404. The molecule has 0 N–H and O–H groups in total. The summed E-state index contributed by atoms with van der Waals surface area (Å²) < 4.78 is 60.6. The van der Waals surface area contributed by atoms with E-state index in [0.717, 1.165) is 0 Å². The molecule has 8 heteroatoms. The van der Waals surface area contributed by atoms with Crippen molar-refractivity contribution >= 4 is 24.7 Å². The number of hydrogen-bond acceptors (Lipinski definition) is 0.